The molecule has 2 heterocycles. The van der Waals surface area contributed by atoms with Gasteiger partial charge in [0.15, 0.2) is 5.82 Å². The van der Waals surface area contributed by atoms with Gasteiger partial charge in [0.25, 0.3) is 0 Å². The van der Waals surface area contributed by atoms with Gasteiger partial charge in [0.1, 0.15) is 5.82 Å². The summed E-state index contributed by atoms with van der Waals surface area (Å²) < 4.78 is 0. The van der Waals surface area contributed by atoms with E-state index in [9.17, 15) is 0 Å². The van der Waals surface area contributed by atoms with Gasteiger partial charge >= 0.3 is 0 Å². The largest absolute Gasteiger partial charge is 0.369 e. The Hall–Kier alpha value is -1.88. The molecule has 0 aliphatic carbocycles. The van der Waals surface area contributed by atoms with E-state index in [1.165, 1.54) is 5.69 Å². The first kappa shape index (κ1) is 11.2. The van der Waals surface area contributed by atoms with Crippen molar-refractivity contribution in [3.05, 3.63) is 30.1 Å². The molecule has 0 amide bonds. The number of anilines is 1. The van der Waals surface area contributed by atoms with Crippen LogP contribution in [0.4, 0.5) is 5.69 Å². The van der Waals surface area contributed by atoms with Crippen molar-refractivity contribution in [2.24, 2.45) is 0 Å². The number of hydrogen-bond acceptors (Lipinski definition) is 4. The summed E-state index contributed by atoms with van der Waals surface area (Å²) in [5.74, 6) is 1.61. The van der Waals surface area contributed by atoms with Crippen LogP contribution in [0.2, 0.25) is 0 Å². The van der Waals surface area contributed by atoms with E-state index in [1.807, 2.05) is 6.92 Å². The molecule has 0 atom stereocenters. The van der Waals surface area contributed by atoms with Gasteiger partial charge in [-0.25, -0.2) is 4.98 Å². The second-order valence-electron chi connectivity index (χ2n) is 4.53. The fourth-order valence-corrected chi connectivity index (χ4v) is 2.22. The summed E-state index contributed by atoms with van der Waals surface area (Å²) >= 11 is 0. The molecule has 0 unspecified atom stereocenters. The normalized spacial score (nSPS) is 15.9. The van der Waals surface area contributed by atoms with Crippen LogP contribution in [0.15, 0.2) is 24.3 Å². The maximum absolute atomic E-state index is 4.33. The summed E-state index contributed by atoms with van der Waals surface area (Å²) in [5, 5.41) is 10.4. The van der Waals surface area contributed by atoms with E-state index < -0.39 is 0 Å². The quantitative estimate of drug-likeness (QED) is 0.832. The minimum absolute atomic E-state index is 0.763. The number of piperazine rings is 1. The van der Waals surface area contributed by atoms with Gasteiger partial charge in [-0.2, -0.15) is 5.10 Å². The molecule has 18 heavy (non-hydrogen) atoms. The summed E-state index contributed by atoms with van der Waals surface area (Å²) in [6.07, 6.45) is 0. The van der Waals surface area contributed by atoms with Crippen LogP contribution in [0.3, 0.4) is 0 Å². The number of hydrogen-bond donors (Lipinski definition) is 2. The minimum Gasteiger partial charge on any atom is -0.369 e. The van der Waals surface area contributed by atoms with Crippen molar-refractivity contribution >= 4 is 5.69 Å². The van der Waals surface area contributed by atoms with Gasteiger partial charge in [0, 0.05) is 37.4 Å². The summed E-state index contributed by atoms with van der Waals surface area (Å²) in [5.41, 5.74) is 2.32. The van der Waals surface area contributed by atoms with Crippen molar-refractivity contribution < 1.29 is 0 Å². The van der Waals surface area contributed by atoms with E-state index in [2.05, 4.69) is 49.7 Å². The lowest BCUT2D eigenvalue weighted by molar-refractivity contribution is 0.589. The molecule has 5 nitrogen and oxygen atoms in total. The Morgan fingerprint density at radius 2 is 1.83 bits per heavy atom. The molecule has 0 spiro atoms. The van der Waals surface area contributed by atoms with Gasteiger partial charge in [-0.15, -0.1) is 0 Å². The van der Waals surface area contributed by atoms with Crippen LogP contribution in [0.1, 0.15) is 5.82 Å². The Balaban J connectivity index is 1.80. The third-order valence-electron chi connectivity index (χ3n) is 3.20. The molecular weight excluding hydrogens is 226 g/mol. The molecule has 3 rings (SSSR count). The van der Waals surface area contributed by atoms with Crippen LogP contribution in [0.25, 0.3) is 11.4 Å². The monoisotopic (exact) mass is 243 g/mol. The van der Waals surface area contributed by atoms with Crippen LogP contribution in [0, 0.1) is 6.92 Å². The molecule has 2 aromatic rings. The standard InChI is InChI=1S/C13H17N5/c1-10-15-13(17-16-10)11-2-4-12(5-3-11)18-8-6-14-7-9-18/h2-5,14H,6-9H2,1H3,(H,15,16,17). The highest BCUT2D eigenvalue weighted by molar-refractivity contribution is 5.60. The highest BCUT2D eigenvalue weighted by Crippen LogP contribution is 2.20. The van der Waals surface area contributed by atoms with Crippen molar-refractivity contribution in [1.29, 1.82) is 0 Å². The molecule has 0 radical (unpaired) electrons. The zero-order valence-electron chi connectivity index (χ0n) is 10.5. The van der Waals surface area contributed by atoms with Crippen molar-refractivity contribution in [2.75, 3.05) is 31.1 Å². The number of nitrogens with one attached hydrogen (secondary N) is 2. The molecule has 2 N–H and O–H groups in total. The number of aryl methyl sites for hydroxylation is 1. The Morgan fingerprint density at radius 1 is 1.11 bits per heavy atom. The SMILES string of the molecule is Cc1nc(-c2ccc(N3CCNCC3)cc2)n[nH]1. The van der Waals surface area contributed by atoms with E-state index in [0.29, 0.717) is 0 Å². The van der Waals surface area contributed by atoms with Gasteiger partial charge in [-0.1, -0.05) is 0 Å². The summed E-state index contributed by atoms with van der Waals surface area (Å²) in [6.45, 7) is 6.16. The van der Waals surface area contributed by atoms with Gasteiger partial charge in [0.2, 0.25) is 0 Å². The van der Waals surface area contributed by atoms with Gasteiger partial charge < -0.3 is 10.2 Å². The van der Waals surface area contributed by atoms with Gasteiger partial charge in [-0.05, 0) is 31.2 Å². The lowest BCUT2D eigenvalue weighted by Gasteiger charge is -2.29. The maximum atomic E-state index is 4.33. The number of aromatic amines is 1. The molecule has 1 aromatic heterocycles. The first-order chi connectivity index (χ1) is 8.83. The molecule has 1 aliphatic heterocycles. The first-order valence-corrected chi connectivity index (χ1v) is 6.28. The Morgan fingerprint density at radius 3 is 2.44 bits per heavy atom. The van der Waals surface area contributed by atoms with E-state index in [0.717, 1.165) is 43.4 Å². The molecule has 0 saturated carbocycles. The van der Waals surface area contributed by atoms with Crippen LogP contribution < -0.4 is 10.2 Å². The average Bonchev–Trinajstić information content (AvgIpc) is 2.87. The summed E-state index contributed by atoms with van der Waals surface area (Å²) in [4.78, 5) is 6.73. The number of benzene rings is 1. The number of aromatic nitrogens is 3. The molecule has 0 bridgehead atoms. The van der Waals surface area contributed by atoms with Crippen LogP contribution in [-0.2, 0) is 0 Å². The van der Waals surface area contributed by atoms with Crippen molar-refractivity contribution in [2.45, 2.75) is 6.92 Å². The second-order valence-corrected chi connectivity index (χ2v) is 4.53. The van der Waals surface area contributed by atoms with Crippen LogP contribution in [0.5, 0.6) is 0 Å². The highest BCUT2D eigenvalue weighted by atomic mass is 15.2. The predicted octanol–water partition coefficient (Wildman–Crippen LogP) is 1.19. The summed E-state index contributed by atoms with van der Waals surface area (Å²) in [7, 11) is 0. The maximum Gasteiger partial charge on any atom is 0.181 e. The third kappa shape index (κ3) is 2.22. The van der Waals surface area contributed by atoms with E-state index in [1.54, 1.807) is 0 Å². The zero-order chi connectivity index (χ0) is 12.4. The summed E-state index contributed by atoms with van der Waals surface area (Å²) in [6, 6.07) is 8.46. The number of rotatable bonds is 2. The Labute approximate surface area is 106 Å². The predicted molar refractivity (Wildman–Crippen MR) is 71.6 cm³/mol. The lowest BCUT2D eigenvalue weighted by Crippen LogP contribution is -2.43. The van der Waals surface area contributed by atoms with Crippen molar-refractivity contribution in [1.82, 2.24) is 20.5 Å². The number of nitrogens with zero attached hydrogens (tertiary/aromatic N) is 3. The van der Waals surface area contributed by atoms with Crippen molar-refractivity contribution in [3.63, 3.8) is 0 Å². The number of H-pyrrole nitrogens is 1. The van der Waals surface area contributed by atoms with Gasteiger partial charge in [0.05, 0.1) is 0 Å². The third-order valence-corrected chi connectivity index (χ3v) is 3.20. The van der Waals surface area contributed by atoms with E-state index >= 15 is 0 Å². The molecular formula is C13H17N5. The Bertz CT molecular complexity index is 510. The molecule has 1 fully saturated rings. The first-order valence-electron chi connectivity index (χ1n) is 6.28. The molecule has 1 saturated heterocycles. The molecule has 5 heteroatoms. The van der Waals surface area contributed by atoms with Gasteiger partial charge in [-0.3, -0.25) is 5.10 Å². The average molecular weight is 243 g/mol. The van der Waals surface area contributed by atoms with E-state index in [-0.39, 0.29) is 0 Å². The lowest BCUT2D eigenvalue weighted by atomic mass is 10.1. The molecule has 94 valence electrons. The van der Waals surface area contributed by atoms with E-state index in [4.69, 9.17) is 0 Å². The minimum atomic E-state index is 0.763. The molecule has 1 aromatic carbocycles. The Kier molecular flexibility index (Phi) is 2.98. The second kappa shape index (κ2) is 4.78. The topological polar surface area (TPSA) is 56.8 Å². The van der Waals surface area contributed by atoms with Crippen molar-refractivity contribution in [3.8, 4) is 11.4 Å². The fraction of sp³-hybridized carbons (Fsp3) is 0.385. The van der Waals surface area contributed by atoms with Crippen LogP contribution >= 0.6 is 0 Å². The highest BCUT2D eigenvalue weighted by Gasteiger charge is 2.10. The smallest absolute Gasteiger partial charge is 0.181 e. The van der Waals surface area contributed by atoms with Crippen LogP contribution in [-0.4, -0.2) is 41.4 Å². The molecule has 1 aliphatic rings. The zero-order valence-corrected chi connectivity index (χ0v) is 10.5. The fourth-order valence-electron chi connectivity index (χ4n) is 2.22.